The Balaban J connectivity index is 2.61. The van der Waals surface area contributed by atoms with Gasteiger partial charge in [0.15, 0.2) is 0 Å². The molecule has 0 aliphatic heterocycles. The number of nitrogens with one attached hydrogen (secondary N) is 1. The average molecular weight is 147 g/mol. The molecule has 1 rings (SSSR count). The van der Waals surface area contributed by atoms with Crippen LogP contribution in [-0.4, -0.2) is 12.0 Å². The van der Waals surface area contributed by atoms with Crippen molar-refractivity contribution >= 4 is 11.6 Å². The second-order valence-corrected chi connectivity index (χ2v) is 1.93. The van der Waals surface area contributed by atoms with Gasteiger partial charge in [-0.25, -0.2) is 4.98 Å². The summed E-state index contributed by atoms with van der Waals surface area (Å²) in [5, 5.41) is 3.10. The first kappa shape index (κ1) is 6.58. The fourth-order valence-electron chi connectivity index (χ4n) is 0.540. The number of hydrogen-bond donors (Lipinski definition) is 1. The molecule has 0 unspecified atom stereocenters. The third kappa shape index (κ3) is 1.69. The van der Waals surface area contributed by atoms with Crippen LogP contribution in [0.4, 0.5) is 0 Å². The van der Waals surface area contributed by atoms with E-state index in [-0.39, 0.29) is 5.35 Å². The largest absolute Gasteiger partial charge is 0.431 e. The SMILES string of the molecule is CNCc1cnc(Cl)o1. The molecule has 9 heavy (non-hydrogen) atoms. The zero-order valence-electron chi connectivity index (χ0n) is 5.02. The maximum Gasteiger partial charge on any atom is 0.292 e. The van der Waals surface area contributed by atoms with E-state index in [4.69, 9.17) is 16.0 Å². The first-order chi connectivity index (χ1) is 4.33. The van der Waals surface area contributed by atoms with E-state index in [2.05, 4.69) is 10.3 Å². The average Bonchev–Trinajstić information content (AvgIpc) is 2.17. The Morgan fingerprint density at radius 3 is 3.11 bits per heavy atom. The van der Waals surface area contributed by atoms with Crippen molar-refractivity contribution in [3.05, 3.63) is 17.3 Å². The highest BCUT2D eigenvalue weighted by atomic mass is 35.5. The van der Waals surface area contributed by atoms with Gasteiger partial charge in [0.1, 0.15) is 5.76 Å². The predicted molar refractivity (Wildman–Crippen MR) is 34.3 cm³/mol. The Morgan fingerprint density at radius 1 is 1.89 bits per heavy atom. The van der Waals surface area contributed by atoms with Crippen LogP contribution < -0.4 is 5.32 Å². The molecular formula is C5H7ClN2O. The fraction of sp³-hybridized carbons (Fsp3) is 0.400. The monoisotopic (exact) mass is 146 g/mol. The van der Waals surface area contributed by atoms with Crippen molar-refractivity contribution < 1.29 is 4.42 Å². The highest BCUT2D eigenvalue weighted by molar-refractivity contribution is 6.27. The molecule has 0 radical (unpaired) electrons. The Hall–Kier alpha value is -0.540. The standard InChI is InChI=1S/C5H7ClN2O/c1-7-2-4-3-8-5(6)9-4/h3,7H,2H2,1H3. The molecule has 1 N–H and O–H groups in total. The van der Waals surface area contributed by atoms with Gasteiger partial charge < -0.3 is 9.73 Å². The second-order valence-electron chi connectivity index (χ2n) is 1.61. The lowest BCUT2D eigenvalue weighted by Crippen LogP contribution is -2.03. The van der Waals surface area contributed by atoms with E-state index in [9.17, 15) is 0 Å². The number of hydrogen-bond acceptors (Lipinski definition) is 3. The first-order valence-electron chi connectivity index (χ1n) is 2.57. The van der Waals surface area contributed by atoms with Crippen LogP contribution in [0.3, 0.4) is 0 Å². The van der Waals surface area contributed by atoms with Crippen molar-refractivity contribution in [1.29, 1.82) is 0 Å². The van der Waals surface area contributed by atoms with Crippen LogP contribution in [0.25, 0.3) is 0 Å². The summed E-state index contributed by atoms with van der Waals surface area (Å²) in [5.41, 5.74) is 0. The quantitative estimate of drug-likeness (QED) is 0.678. The molecule has 4 heteroatoms. The first-order valence-corrected chi connectivity index (χ1v) is 2.95. The number of nitrogens with zero attached hydrogens (tertiary/aromatic N) is 1. The minimum atomic E-state index is 0.195. The maximum atomic E-state index is 5.39. The van der Waals surface area contributed by atoms with E-state index >= 15 is 0 Å². The molecule has 0 spiro atoms. The summed E-state index contributed by atoms with van der Waals surface area (Å²) in [5.74, 6) is 0.752. The summed E-state index contributed by atoms with van der Waals surface area (Å²) in [6.07, 6.45) is 1.60. The van der Waals surface area contributed by atoms with Gasteiger partial charge in [0.05, 0.1) is 12.7 Å². The smallest absolute Gasteiger partial charge is 0.292 e. The van der Waals surface area contributed by atoms with Crippen molar-refractivity contribution in [3.63, 3.8) is 0 Å². The van der Waals surface area contributed by atoms with Gasteiger partial charge >= 0.3 is 0 Å². The Kier molecular flexibility index (Phi) is 2.08. The normalized spacial score (nSPS) is 10.0. The van der Waals surface area contributed by atoms with Crippen LogP contribution in [0.1, 0.15) is 5.76 Å². The molecule has 1 aromatic heterocycles. The fourth-order valence-corrected chi connectivity index (χ4v) is 0.687. The van der Waals surface area contributed by atoms with Gasteiger partial charge in [-0.3, -0.25) is 0 Å². The van der Waals surface area contributed by atoms with Crippen LogP contribution in [0.15, 0.2) is 10.6 Å². The summed E-state index contributed by atoms with van der Waals surface area (Å²) in [6.45, 7) is 0.666. The van der Waals surface area contributed by atoms with Crippen LogP contribution in [0, 0.1) is 0 Å². The summed E-state index contributed by atoms with van der Waals surface area (Å²) < 4.78 is 4.92. The summed E-state index contributed by atoms with van der Waals surface area (Å²) in [6, 6.07) is 0. The molecule has 0 fully saturated rings. The van der Waals surface area contributed by atoms with E-state index in [1.54, 1.807) is 6.20 Å². The molecule has 3 nitrogen and oxygen atoms in total. The van der Waals surface area contributed by atoms with E-state index in [1.165, 1.54) is 0 Å². The maximum absolute atomic E-state index is 5.39. The highest BCUT2D eigenvalue weighted by Crippen LogP contribution is 2.07. The van der Waals surface area contributed by atoms with E-state index in [1.807, 2.05) is 7.05 Å². The van der Waals surface area contributed by atoms with Crippen molar-refractivity contribution in [2.45, 2.75) is 6.54 Å². The number of halogens is 1. The topological polar surface area (TPSA) is 38.1 Å². The Morgan fingerprint density at radius 2 is 2.67 bits per heavy atom. The molecule has 0 aromatic carbocycles. The lowest BCUT2D eigenvalue weighted by atomic mass is 10.5. The van der Waals surface area contributed by atoms with Gasteiger partial charge in [0.2, 0.25) is 0 Å². The van der Waals surface area contributed by atoms with Gasteiger partial charge in [-0.2, -0.15) is 0 Å². The molecule has 0 saturated heterocycles. The minimum absolute atomic E-state index is 0.195. The van der Waals surface area contributed by atoms with E-state index < -0.39 is 0 Å². The van der Waals surface area contributed by atoms with Gasteiger partial charge in [-0.15, -0.1) is 0 Å². The van der Waals surface area contributed by atoms with Gasteiger partial charge in [-0.05, 0) is 18.6 Å². The molecule has 1 aromatic rings. The summed E-state index contributed by atoms with van der Waals surface area (Å²) in [7, 11) is 1.83. The third-order valence-corrected chi connectivity index (χ3v) is 1.05. The molecule has 0 aliphatic rings. The van der Waals surface area contributed by atoms with Crippen molar-refractivity contribution in [2.75, 3.05) is 7.05 Å². The van der Waals surface area contributed by atoms with Crippen LogP contribution in [0.5, 0.6) is 0 Å². The van der Waals surface area contributed by atoms with Crippen molar-refractivity contribution in [1.82, 2.24) is 10.3 Å². The summed E-state index contributed by atoms with van der Waals surface area (Å²) in [4.78, 5) is 3.69. The number of rotatable bonds is 2. The lowest BCUT2D eigenvalue weighted by Gasteiger charge is -1.88. The summed E-state index contributed by atoms with van der Waals surface area (Å²) >= 11 is 5.39. The second kappa shape index (κ2) is 2.85. The molecule has 0 amide bonds. The molecule has 0 saturated carbocycles. The van der Waals surface area contributed by atoms with Crippen LogP contribution in [0.2, 0.25) is 5.35 Å². The van der Waals surface area contributed by atoms with Crippen molar-refractivity contribution in [3.8, 4) is 0 Å². The molecular weight excluding hydrogens is 140 g/mol. The van der Waals surface area contributed by atoms with E-state index in [0.717, 1.165) is 5.76 Å². The van der Waals surface area contributed by atoms with E-state index in [0.29, 0.717) is 6.54 Å². The molecule has 0 bridgehead atoms. The predicted octanol–water partition coefficient (Wildman–Crippen LogP) is 1.05. The highest BCUT2D eigenvalue weighted by Gasteiger charge is 1.96. The Bertz CT molecular complexity index is 187. The zero-order chi connectivity index (χ0) is 6.69. The molecule has 1 heterocycles. The van der Waals surface area contributed by atoms with Gasteiger partial charge in [0.25, 0.3) is 5.35 Å². The van der Waals surface area contributed by atoms with Crippen molar-refractivity contribution in [2.24, 2.45) is 0 Å². The van der Waals surface area contributed by atoms with Crippen LogP contribution >= 0.6 is 11.6 Å². The van der Waals surface area contributed by atoms with Gasteiger partial charge in [0, 0.05) is 0 Å². The molecule has 0 atom stereocenters. The molecule has 0 aliphatic carbocycles. The minimum Gasteiger partial charge on any atom is -0.431 e. The van der Waals surface area contributed by atoms with Gasteiger partial charge in [-0.1, -0.05) is 0 Å². The lowest BCUT2D eigenvalue weighted by molar-refractivity contribution is 0.492. The zero-order valence-corrected chi connectivity index (χ0v) is 5.77. The molecule has 50 valence electrons. The number of oxazole rings is 1. The Labute approximate surface area is 58.0 Å². The number of aromatic nitrogens is 1. The van der Waals surface area contributed by atoms with Crippen LogP contribution in [-0.2, 0) is 6.54 Å². The third-order valence-electron chi connectivity index (χ3n) is 0.876.